The first kappa shape index (κ1) is 26.4. The fourth-order valence-electron chi connectivity index (χ4n) is 3.89. The van der Waals surface area contributed by atoms with E-state index in [1.165, 1.54) is 0 Å². The van der Waals surface area contributed by atoms with Gasteiger partial charge < -0.3 is 54.0 Å². The van der Waals surface area contributed by atoms with Gasteiger partial charge in [0.25, 0.3) is 0 Å². The Kier molecular flexibility index (Phi) is 6.93. The number of hydrogen-bond donors (Lipinski definition) is 6. The highest BCUT2D eigenvalue weighted by atomic mass is 16.7. The van der Waals surface area contributed by atoms with Crippen LogP contribution in [-0.2, 0) is 23.8 Å². The predicted octanol–water partition coefficient (Wildman–Crippen LogP) is 0.947. The molecule has 1 saturated heterocycles. The van der Waals surface area contributed by atoms with Gasteiger partial charge in [-0.25, -0.2) is 0 Å². The monoisotopic (exact) mass is 534 g/mol. The van der Waals surface area contributed by atoms with Gasteiger partial charge in [0, 0.05) is 31.5 Å². The number of fused-ring (bicyclic) bond motifs is 1. The van der Waals surface area contributed by atoms with Gasteiger partial charge in [-0.15, -0.1) is 0 Å². The average molecular weight is 534 g/mol. The highest BCUT2D eigenvalue weighted by Gasteiger charge is 2.48. The summed E-state index contributed by atoms with van der Waals surface area (Å²) in [4.78, 5) is 36.3. The second-order valence-corrected chi connectivity index (χ2v) is 8.32. The summed E-state index contributed by atoms with van der Waals surface area (Å²) in [6.45, 7) is 1.75. The molecule has 202 valence electrons. The number of rotatable bonds is 6. The number of carbonyl (C=O) groups is 2. The molecule has 38 heavy (non-hydrogen) atoms. The summed E-state index contributed by atoms with van der Waals surface area (Å²) in [5, 5.41) is 60.2. The minimum absolute atomic E-state index is 0.199. The number of carbonyl (C=O) groups excluding carboxylic acids is 2. The van der Waals surface area contributed by atoms with Crippen LogP contribution < -0.4 is 10.2 Å². The molecule has 0 bridgehead atoms. The van der Waals surface area contributed by atoms with E-state index in [9.17, 15) is 45.0 Å². The Bertz CT molecular complexity index is 1450. The summed E-state index contributed by atoms with van der Waals surface area (Å²) in [5.41, 5.74) is -1.54. The Balaban J connectivity index is 1.85. The van der Waals surface area contributed by atoms with E-state index in [2.05, 4.69) is 0 Å². The lowest BCUT2D eigenvalue weighted by molar-refractivity contribution is -0.158. The maximum absolute atomic E-state index is 13.4. The summed E-state index contributed by atoms with van der Waals surface area (Å²) in [7, 11) is 0. The zero-order valence-electron chi connectivity index (χ0n) is 19.8. The zero-order chi connectivity index (χ0) is 27.9. The van der Waals surface area contributed by atoms with Crippen molar-refractivity contribution in [3.63, 3.8) is 0 Å². The number of ether oxygens (including phenoxy) is 4. The smallest absolute Gasteiger partial charge is 0.303 e. The van der Waals surface area contributed by atoms with Gasteiger partial charge >= 0.3 is 11.9 Å². The van der Waals surface area contributed by atoms with Crippen molar-refractivity contribution >= 4 is 22.9 Å². The Labute approximate surface area is 212 Å². The molecular formula is C24H22O14. The molecular weight excluding hydrogens is 512 g/mol. The van der Waals surface area contributed by atoms with Crippen LogP contribution in [0.3, 0.4) is 0 Å². The second-order valence-electron chi connectivity index (χ2n) is 8.32. The van der Waals surface area contributed by atoms with Crippen LogP contribution in [0.15, 0.2) is 33.5 Å². The molecule has 1 aromatic heterocycles. The minimum Gasteiger partial charge on any atom is -0.508 e. The van der Waals surface area contributed by atoms with Gasteiger partial charge in [-0.1, -0.05) is 0 Å². The highest BCUT2D eigenvalue weighted by molar-refractivity contribution is 5.88. The third-order valence-electron chi connectivity index (χ3n) is 5.53. The Morgan fingerprint density at radius 2 is 1.61 bits per heavy atom. The van der Waals surface area contributed by atoms with E-state index >= 15 is 0 Å². The Morgan fingerprint density at radius 3 is 2.21 bits per heavy atom. The molecule has 0 saturated carbocycles. The first-order valence-corrected chi connectivity index (χ1v) is 11.0. The molecule has 0 aliphatic carbocycles. The third-order valence-corrected chi connectivity index (χ3v) is 5.53. The highest BCUT2D eigenvalue weighted by Crippen LogP contribution is 2.43. The Morgan fingerprint density at radius 1 is 0.947 bits per heavy atom. The SMILES string of the molecule is CC(=O)OC[C@H]1O[C@H](Oc2c(-c3cc(O)c(O)c(O)c3)oc3cc(O)cc(O)c3c2=O)[C@@H](O)[C@@H]1OC(C)=O. The van der Waals surface area contributed by atoms with Crippen LogP contribution in [0.2, 0.25) is 0 Å². The number of aliphatic hydroxyl groups excluding tert-OH is 1. The van der Waals surface area contributed by atoms with Gasteiger partial charge in [0.15, 0.2) is 35.2 Å². The molecule has 0 unspecified atom stereocenters. The Hall–Kier alpha value is -4.69. The number of phenolic OH excluding ortho intramolecular Hbond substituents is 5. The van der Waals surface area contributed by atoms with Crippen molar-refractivity contribution in [3.8, 4) is 45.8 Å². The fourth-order valence-corrected chi connectivity index (χ4v) is 3.89. The first-order valence-electron chi connectivity index (χ1n) is 11.0. The van der Waals surface area contributed by atoms with Crippen molar-refractivity contribution in [1.82, 2.24) is 0 Å². The molecule has 1 fully saturated rings. The maximum Gasteiger partial charge on any atom is 0.303 e. The third kappa shape index (κ3) is 4.94. The molecule has 0 amide bonds. The number of hydrogen-bond acceptors (Lipinski definition) is 14. The molecule has 1 aliphatic heterocycles. The summed E-state index contributed by atoms with van der Waals surface area (Å²) < 4.78 is 26.9. The lowest BCUT2D eigenvalue weighted by atomic mass is 10.1. The van der Waals surface area contributed by atoms with Crippen molar-refractivity contribution < 1.29 is 63.6 Å². The molecule has 14 heteroatoms. The first-order chi connectivity index (χ1) is 17.9. The summed E-state index contributed by atoms with van der Waals surface area (Å²) in [5.74, 6) is -6.22. The van der Waals surface area contributed by atoms with Gasteiger partial charge in [-0.05, 0) is 12.1 Å². The largest absolute Gasteiger partial charge is 0.508 e. The minimum atomic E-state index is -1.71. The fraction of sp³-hybridized carbons (Fsp3) is 0.292. The normalized spacial score (nSPS) is 20.8. The van der Waals surface area contributed by atoms with Crippen LogP contribution in [0.4, 0.5) is 0 Å². The van der Waals surface area contributed by atoms with Gasteiger partial charge in [-0.2, -0.15) is 0 Å². The lowest BCUT2D eigenvalue weighted by Gasteiger charge is -2.20. The molecule has 6 N–H and O–H groups in total. The van der Waals surface area contributed by atoms with Crippen LogP contribution in [-0.4, -0.2) is 73.8 Å². The van der Waals surface area contributed by atoms with Gasteiger partial charge in [0.1, 0.15) is 35.2 Å². The van der Waals surface area contributed by atoms with Crippen LogP contribution in [0.25, 0.3) is 22.3 Å². The molecule has 4 rings (SSSR count). The number of aromatic hydroxyl groups is 5. The molecule has 2 heterocycles. The molecule has 1 aliphatic rings. The van der Waals surface area contributed by atoms with Crippen molar-refractivity contribution in [3.05, 3.63) is 34.5 Å². The van der Waals surface area contributed by atoms with Crippen molar-refractivity contribution in [2.75, 3.05) is 6.61 Å². The van der Waals surface area contributed by atoms with E-state index in [1.807, 2.05) is 0 Å². The summed E-state index contributed by atoms with van der Waals surface area (Å²) in [6.07, 6.45) is -6.00. The van der Waals surface area contributed by atoms with E-state index in [4.69, 9.17) is 23.4 Å². The number of benzene rings is 2. The van der Waals surface area contributed by atoms with Crippen LogP contribution >= 0.6 is 0 Å². The van der Waals surface area contributed by atoms with Crippen LogP contribution in [0.5, 0.6) is 34.5 Å². The van der Waals surface area contributed by atoms with E-state index in [0.29, 0.717) is 0 Å². The van der Waals surface area contributed by atoms with Crippen molar-refractivity contribution in [2.24, 2.45) is 0 Å². The summed E-state index contributed by atoms with van der Waals surface area (Å²) >= 11 is 0. The molecule has 14 nitrogen and oxygen atoms in total. The summed E-state index contributed by atoms with van der Waals surface area (Å²) in [6, 6.07) is 3.72. The molecule has 0 radical (unpaired) electrons. The number of esters is 2. The molecule has 4 atom stereocenters. The van der Waals surface area contributed by atoms with Crippen molar-refractivity contribution in [2.45, 2.75) is 38.4 Å². The topological polar surface area (TPSA) is 223 Å². The van der Waals surface area contributed by atoms with Gasteiger partial charge in [-0.3, -0.25) is 14.4 Å². The quantitative estimate of drug-likeness (QED) is 0.191. The second kappa shape index (κ2) is 9.99. The van der Waals surface area contributed by atoms with Gasteiger partial charge in [0.2, 0.25) is 17.5 Å². The molecule has 2 aromatic carbocycles. The predicted molar refractivity (Wildman–Crippen MR) is 124 cm³/mol. The zero-order valence-corrected chi connectivity index (χ0v) is 19.8. The standard InChI is InChI=1S/C24H22O14/c1-8(25)34-7-16-22(35-9(2)26)20(33)24(37-16)38-23-19(32)17-12(28)5-11(27)6-15(17)36-21(23)10-3-13(29)18(31)14(30)4-10/h3-6,16,20,22,24,27-31,33H,7H2,1-2H3/t16-,20+,22-,24-/m1/s1. The van der Waals surface area contributed by atoms with Gasteiger partial charge in [0.05, 0.1) is 0 Å². The van der Waals surface area contributed by atoms with Crippen molar-refractivity contribution in [1.29, 1.82) is 0 Å². The van der Waals surface area contributed by atoms with E-state index in [-0.39, 0.29) is 11.1 Å². The van der Waals surface area contributed by atoms with Crippen LogP contribution in [0.1, 0.15) is 13.8 Å². The van der Waals surface area contributed by atoms with Crippen LogP contribution in [0, 0.1) is 0 Å². The lowest BCUT2D eigenvalue weighted by Crippen LogP contribution is -2.40. The van der Waals surface area contributed by atoms with E-state index < -0.39 is 94.2 Å². The number of phenols is 5. The molecule has 3 aromatic rings. The van der Waals surface area contributed by atoms with E-state index in [1.54, 1.807) is 0 Å². The molecule has 0 spiro atoms. The maximum atomic E-state index is 13.4. The number of aliphatic hydroxyl groups is 1. The average Bonchev–Trinajstić information content (AvgIpc) is 3.10. The van der Waals surface area contributed by atoms with E-state index in [0.717, 1.165) is 38.1 Å².